The van der Waals surface area contributed by atoms with Crippen LogP contribution in [0.2, 0.25) is 0 Å². The van der Waals surface area contributed by atoms with Gasteiger partial charge in [-0.05, 0) is 13.0 Å². The summed E-state index contributed by atoms with van der Waals surface area (Å²) in [7, 11) is 0. The molecule has 0 atom stereocenters. The Labute approximate surface area is 59.8 Å². The maximum absolute atomic E-state index is 11.4. The van der Waals surface area contributed by atoms with Gasteiger partial charge in [0, 0.05) is 13.0 Å². The number of carbonyl (C=O) groups excluding carboxylic acids is 1. The molecule has 0 aromatic carbocycles. The van der Waals surface area contributed by atoms with Gasteiger partial charge in [0.25, 0.3) is 0 Å². The first-order chi connectivity index (χ1) is 4.77. The van der Waals surface area contributed by atoms with Crippen molar-refractivity contribution in [3.8, 4) is 0 Å². The molecule has 0 aromatic rings. The highest BCUT2D eigenvalue weighted by molar-refractivity contribution is 5.73. The van der Waals surface area contributed by atoms with Gasteiger partial charge in [0.2, 0.25) is 5.91 Å². The monoisotopic (exact) mass is 148 g/mol. The summed E-state index contributed by atoms with van der Waals surface area (Å²) in [6, 6.07) is 0. The van der Waals surface area contributed by atoms with E-state index in [4.69, 9.17) is 5.73 Å². The van der Waals surface area contributed by atoms with Crippen molar-refractivity contribution in [2.24, 2.45) is 5.73 Å². The van der Waals surface area contributed by atoms with Crippen molar-refractivity contribution in [2.45, 2.75) is 12.8 Å². The van der Waals surface area contributed by atoms with Crippen LogP contribution in [-0.2, 0) is 4.79 Å². The zero-order chi connectivity index (χ0) is 7.82. The second kappa shape index (κ2) is 6.48. The standard InChI is InChI=1S/C6H13FN2O/c7-3-1-4-9-5-2-6(8)10/h9H,1-5H2,(H2,8,10). The molecule has 0 saturated heterocycles. The molecule has 60 valence electrons. The first-order valence-corrected chi connectivity index (χ1v) is 3.32. The summed E-state index contributed by atoms with van der Waals surface area (Å²) in [5.74, 6) is -0.326. The molecular formula is C6H13FN2O. The van der Waals surface area contributed by atoms with Crippen LogP contribution in [0.3, 0.4) is 0 Å². The largest absolute Gasteiger partial charge is 0.370 e. The molecule has 1 amide bonds. The van der Waals surface area contributed by atoms with E-state index >= 15 is 0 Å². The van der Waals surface area contributed by atoms with Crippen LogP contribution >= 0.6 is 0 Å². The summed E-state index contributed by atoms with van der Waals surface area (Å²) in [6.45, 7) is 0.850. The maximum atomic E-state index is 11.4. The van der Waals surface area contributed by atoms with Crippen LogP contribution in [0.1, 0.15) is 12.8 Å². The van der Waals surface area contributed by atoms with Gasteiger partial charge < -0.3 is 11.1 Å². The average molecular weight is 148 g/mol. The summed E-state index contributed by atoms with van der Waals surface area (Å²) in [6.07, 6.45) is 0.824. The number of hydrogen-bond acceptors (Lipinski definition) is 2. The van der Waals surface area contributed by atoms with Crippen molar-refractivity contribution in [3.63, 3.8) is 0 Å². The van der Waals surface area contributed by atoms with Crippen molar-refractivity contribution >= 4 is 5.91 Å². The number of primary amides is 1. The lowest BCUT2D eigenvalue weighted by molar-refractivity contribution is -0.117. The van der Waals surface area contributed by atoms with Gasteiger partial charge in [-0.3, -0.25) is 9.18 Å². The zero-order valence-corrected chi connectivity index (χ0v) is 5.90. The predicted octanol–water partition coefficient (Wildman–Crippen LogP) is -0.189. The molecule has 0 fully saturated rings. The van der Waals surface area contributed by atoms with E-state index in [0.717, 1.165) is 0 Å². The fourth-order valence-corrected chi connectivity index (χ4v) is 0.528. The number of rotatable bonds is 6. The SMILES string of the molecule is NC(=O)CCNCCCF. The molecule has 0 aliphatic heterocycles. The number of carbonyl (C=O) groups is 1. The highest BCUT2D eigenvalue weighted by atomic mass is 19.1. The van der Waals surface area contributed by atoms with Gasteiger partial charge in [0.1, 0.15) is 0 Å². The summed E-state index contributed by atoms with van der Waals surface area (Å²) >= 11 is 0. The smallest absolute Gasteiger partial charge is 0.218 e. The molecule has 0 heterocycles. The fraction of sp³-hybridized carbons (Fsp3) is 0.833. The van der Waals surface area contributed by atoms with Crippen LogP contribution in [0.15, 0.2) is 0 Å². The molecule has 0 spiro atoms. The van der Waals surface area contributed by atoms with E-state index in [1.54, 1.807) is 0 Å². The van der Waals surface area contributed by atoms with Crippen molar-refractivity contribution in [3.05, 3.63) is 0 Å². The number of alkyl halides is 1. The lowest BCUT2D eigenvalue weighted by Gasteiger charge is -1.98. The topological polar surface area (TPSA) is 55.1 Å². The third-order valence-electron chi connectivity index (χ3n) is 1.04. The lowest BCUT2D eigenvalue weighted by atomic mass is 10.4. The van der Waals surface area contributed by atoms with Gasteiger partial charge in [-0.15, -0.1) is 0 Å². The Morgan fingerprint density at radius 2 is 2.20 bits per heavy atom. The quantitative estimate of drug-likeness (QED) is 0.513. The molecule has 0 saturated carbocycles. The van der Waals surface area contributed by atoms with Crippen molar-refractivity contribution in [1.82, 2.24) is 5.32 Å². The van der Waals surface area contributed by atoms with Crippen LogP contribution in [0, 0.1) is 0 Å². The third kappa shape index (κ3) is 7.36. The molecule has 0 bridgehead atoms. The highest BCUT2D eigenvalue weighted by Gasteiger charge is 1.91. The number of nitrogens with two attached hydrogens (primary N) is 1. The molecule has 0 aromatic heterocycles. The molecule has 3 N–H and O–H groups in total. The van der Waals surface area contributed by atoms with Crippen LogP contribution in [0.5, 0.6) is 0 Å². The summed E-state index contributed by atoms with van der Waals surface area (Å²) in [5.41, 5.74) is 4.85. The Morgan fingerprint density at radius 1 is 1.50 bits per heavy atom. The van der Waals surface area contributed by atoms with E-state index in [1.807, 2.05) is 0 Å². The van der Waals surface area contributed by atoms with Gasteiger partial charge in [0.15, 0.2) is 0 Å². The maximum Gasteiger partial charge on any atom is 0.218 e. The number of nitrogens with one attached hydrogen (secondary N) is 1. The predicted molar refractivity (Wildman–Crippen MR) is 37.3 cm³/mol. The second-order valence-corrected chi connectivity index (χ2v) is 2.01. The van der Waals surface area contributed by atoms with Gasteiger partial charge in [-0.2, -0.15) is 0 Å². The molecule has 0 unspecified atom stereocenters. The fourth-order valence-electron chi connectivity index (χ4n) is 0.528. The summed E-state index contributed by atoms with van der Waals surface area (Å²) in [4.78, 5) is 10.1. The van der Waals surface area contributed by atoms with E-state index in [9.17, 15) is 9.18 Å². The Kier molecular flexibility index (Phi) is 6.06. The highest BCUT2D eigenvalue weighted by Crippen LogP contribution is 1.77. The molecule has 0 radical (unpaired) electrons. The van der Waals surface area contributed by atoms with Gasteiger partial charge >= 0.3 is 0 Å². The Hall–Kier alpha value is -0.640. The Balaban J connectivity index is 2.84. The summed E-state index contributed by atoms with van der Waals surface area (Å²) in [5, 5.41) is 2.88. The molecule has 0 aliphatic carbocycles. The lowest BCUT2D eigenvalue weighted by Crippen LogP contribution is -2.22. The number of hydrogen-bond donors (Lipinski definition) is 2. The normalized spacial score (nSPS) is 9.70. The molecule has 10 heavy (non-hydrogen) atoms. The molecule has 3 nitrogen and oxygen atoms in total. The summed E-state index contributed by atoms with van der Waals surface area (Å²) < 4.78 is 11.4. The van der Waals surface area contributed by atoms with Gasteiger partial charge in [-0.1, -0.05) is 0 Å². The first-order valence-electron chi connectivity index (χ1n) is 3.32. The molecule has 0 aliphatic rings. The van der Waals surface area contributed by atoms with Crippen LogP contribution < -0.4 is 11.1 Å². The second-order valence-electron chi connectivity index (χ2n) is 2.01. The Bertz CT molecular complexity index is 97.7. The van der Waals surface area contributed by atoms with E-state index in [2.05, 4.69) is 5.32 Å². The molecule has 4 heteroatoms. The minimum absolute atomic E-state index is 0.316. The van der Waals surface area contributed by atoms with E-state index in [-0.39, 0.29) is 12.6 Å². The van der Waals surface area contributed by atoms with Crippen molar-refractivity contribution in [2.75, 3.05) is 19.8 Å². The van der Waals surface area contributed by atoms with Gasteiger partial charge in [0.05, 0.1) is 6.67 Å². The van der Waals surface area contributed by atoms with E-state index in [1.165, 1.54) is 0 Å². The number of amides is 1. The van der Waals surface area contributed by atoms with E-state index < -0.39 is 0 Å². The molecular weight excluding hydrogens is 135 g/mol. The van der Waals surface area contributed by atoms with E-state index in [0.29, 0.717) is 25.9 Å². The van der Waals surface area contributed by atoms with Crippen molar-refractivity contribution < 1.29 is 9.18 Å². The van der Waals surface area contributed by atoms with Crippen LogP contribution in [0.25, 0.3) is 0 Å². The Morgan fingerprint density at radius 3 is 2.70 bits per heavy atom. The third-order valence-corrected chi connectivity index (χ3v) is 1.04. The first kappa shape index (κ1) is 9.36. The minimum Gasteiger partial charge on any atom is -0.370 e. The van der Waals surface area contributed by atoms with Crippen LogP contribution in [-0.4, -0.2) is 25.7 Å². The minimum atomic E-state index is -0.326. The average Bonchev–Trinajstić information content (AvgIpc) is 1.87. The van der Waals surface area contributed by atoms with Gasteiger partial charge in [-0.25, -0.2) is 0 Å². The van der Waals surface area contributed by atoms with Crippen molar-refractivity contribution in [1.29, 1.82) is 0 Å². The molecule has 0 rings (SSSR count). The van der Waals surface area contributed by atoms with Crippen LogP contribution in [0.4, 0.5) is 4.39 Å². The number of halogens is 1. The zero-order valence-electron chi connectivity index (χ0n) is 5.90.